The number of rotatable bonds is 6. The smallest absolute Gasteiger partial charge is 0.358 e. The molecular formula is C11H19BrN2O3Si. The number of esters is 1. The first-order valence-corrected chi connectivity index (χ1v) is 10.2. The van der Waals surface area contributed by atoms with E-state index in [4.69, 9.17) is 4.74 Å². The van der Waals surface area contributed by atoms with Gasteiger partial charge in [-0.25, -0.2) is 9.78 Å². The number of halogens is 1. The summed E-state index contributed by atoms with van der Waals surface area (Å²) in [5, 5.41) is 0. The fraction of sp³-hybridized carbons (Fsp3) is 0.636. The van der Waals surface area contributed by atoms with Crippen molar-refractivity contribution < 1.29 is 14.3 Å². The Kier molecular flexibility index (Phi) is 5.55. The van der Waals surface area contributed by atoms with E-state index in [-0.39, 0.29) is 5.69 Å². The van der Waals surface area contributed by atoms with Gasteiger partial charge in [0.25, 0.3) is 0 Å². The minimum atomic E-state index is -1.08. The molecule has 1 rings (SSSR count). The van der Waals surface area contributed by atoms with Crippen molar-refractivity contribution in [2.45, 2.75) is 32.3 Å². The number of nitrogens with one attached hydrogen (secondary N) is 1. The van der Waals surface area contributed by atoms with E-state index >= 15 is 0 Å². The van der Waals surface area contributed by atoms with E-state index in [1.165, 1.54) is 7.11 Å². The third-order valence-electron chi connectivity index (χ3n) is 2.37. The number of H-pyrrole nitrogens is 1. The minimum Gasteiger partial charge on any atom is -0.464 e. The highest BCUT2D eigenvalue weighted by Gasteiger charge is 2.18. The van der Waals surface area contributed by atoms with Gasteiger partial charge in [-0.2, -0.15) is 0 Å². The monoisotopic (exact) mass is 334 g/mol. The van der Waals surface area contributed by atoms with E-state index in [9.17, 15) is 4.79 Å². The molecule has 1 N–H and O–H groups in total. The van der Waals surface area contributed by atoms with Gasteiger partial charge in [0.1, 0.15) is 0 Å². The predicted octanol–water partition coefficient (Wildman–Crippen LogP) is 2.81. The molecular weight excluding hydrogens is 316 g/mol. The molecule has 0 fully saturated rings. The minimum absolute atomic E-state index is 0.275. The third kappa shape index (κ3) is 4.91. The Bertz CT molecular complexity index is 415. The first kappa shape index (κ1) is 15.4. The molecule has 0 aliphatic heterocycles. The molecule has 0 bridgehead atoms. The Labute approximate surface area is 116 Å². The van der Waals surface area contributed by atoms with E-state index in [1.807, 2.05) is 0 Å². The fourth-order valence-electron chi connectivity index (χ4n) is 1.30. The molecule has 0 aliphatic carbocycles. The van der Waals surface area contributed by atoms with Gasteiger partial charge in [-0.05, 0) is 22.0 Å². The van der Waals surface area contributed by atoms with Crippen molar-refractivity contribution in [3.63, 3.8) is 0 Å². The quantitative estimate of drug-likeness (QED) is 0.493. The summed E-state index contributed by atoms with van der Waals surface area (Å²) in [6, 6.07) is 1.09. The zero-order chi connectivity index (χ0) is 13.8. The number of aromatic amines is 1. The van der Waals surface area contributed by atoms with Gasteiger partial charge in [0.15, 0.2) is 10.4 Å². The summed E-state index contributed by atoms with van der Waals surface area (Å²) in [4.78, 5) is 18.4. The van der Waals surface area contributed by atoms with Gasteiger partial charge in [-0.3, -0.25) is 0 Å². The zero-order valence-corrected chi connectivity index (χ0v) is 13.8. The van der Waals surface area contributed by atoms with E-state index in [0.29, 0.717) is 23.6 Å². The molecule has 18 heavy (non-hydrogen) atoms. The molecule has 0 amide bonds. The second-order valence-corrected chi connectivity index (χ2v) is 11.6. The molecule has 1 aromatic heterocycles. The summed E-state index contributed by atoms with van der Waals surface area (Å²) < 4.78 is 10.7. The van der Waals surface area contributed by atoms with Crippen LogP contribution in [0.25, 0.3) is 0 Å². The highest BCUT2D eigenvalue weighted by atomic mass is 79.9. The molecule has 0 unspecified atom stereocenters. The zero-order valence-electron chi connectivity index (χ0n) is 11.2. The maximum absolute atomic E-state index is 11.5. The summed E-state index contributed by atoms with van der Waals surface area (Å²) in [7, 11) is 0.250. The van der Waals surface area contributed by atoms with Crippen LogP contribution >= 0.6 is 15.9 Å². The number of aromatic nitrogens is 2. The van der Waals surface area contributed by atoms with Crippen molar-refractivity contribution >= 4 is 30.0 Å². The largest absolute Gasteiger partial charge is 0.464 e. The molecule has 102 valence electrons. The number of nitrogens with zero attached hydrogens (tertiary/aromatic N) is 1. The first-order chi connectivity index (χ1) is 8.33. The van der Waals surface area contributed by atoms with Crippen molar-refractivity contribution in [2.75, 3.05) is 13.7 Å². The second-order valence-electron chi connectivity index (χ2n) is 5.21. The van der Waals surface area contributed by atoms with E-state index < -0.39 is 14.0 Å². The Morgan fingerprint density at radius 1 is 1.44 bits per heavy atom. The molecule has 0 saturated heterocycles. The van der Waals surface area contributed by atoms with Gasteiger partial charge < -0.3 is 14.5 Å². The molecule has 0 saturated carbocycles. The summed E-state index contributed by atoms with van der Waals surface area (Å²) in [6.45, 7) is 7.93. The lowest BCUT2D eigenvalue weighted by molar-refractivity contribution is 0.0586. The van der Waals surface area contributed by atoms with E-state index in [0.717, 1.165) is 6.04 Å². The lowest BCUT2D eigenvalue weighted by Gasteiger charge is -2.15. The van der Waals surface area contributed by atoms with E-state index in [1.54, 1.807) is 0 Å². The highest BCUT2D eigenvalue weighted by Crippen LogP contribution is 2.14. The lowest BCUT2D eigenvalue weighted by atomic mass is 10.3. The van der Waals surface area contributed by atoms with Crippen molar-refractivity contribution in [2.24, 2.45) is 0 Å². The van der Waals surface area contributed by atoms with Gasteiger partial charge in [0, 0.05) is 14.7 Å². The summed E-state index contributed by atoms with van der Waals surface area (Å²) in [5.74, 6) is -0.458. The van der Waals surface area contributed by atoms with Gasteiger partial charge in [0.05, 0.1) is 19.4 Å². The van der Waals surface area contributed by atoms with Crippen molar-refractivity contribution in [3.8, 4) is 0 Å². The van der Waals surface area contributed by atoms with Gasteiger partial charge in [0.2, 0.25) is 0 Å². The molecule has 0 aromatic carbocycles. The van der Waals surface area contributed by atoms with Crippen LogP contribution in [-0.4, -0.2) is 37.7 Å². The first-order valence-electron chi connectivity index (χ1n) is 5.74. The van der Waals surface area contributed by atoms with Crippen molar-refractivity contribution in [3.05, 3.63) is 16.1 Å². The Balaban J connectivity index is 2.54. The average Bonchev–Trinajstić information content (AvgIpc) is 2.63. The van der Waals surface area contributed by atoms with Crippen LogP contribution in [0.15, 0.2) is 4.73 Å². The van der Waals surface area contributed by atoms with Crippen LogP contribution in [-0.2, 0) is 16.1 Å². The number of carbonyl (C=O) groups is 1. The number of imidazole rings is 1. The fourth-order valence-corrected chi connectivity index (χ4v) is 2.47. The maximum atomic E-state index is 11.5. The molecule has 5 nitrogen and oxygen atoms in total. The van der Waals surface area contributed by atoms with Crippen LogP contribution in [0, 0.1) is 0 Å². The van der Waals surface area contributed by atoms with Crippen molar-refractivity contribution in [1.82, 2.24) is 9.97 Å². The number of hydrogen-bond acceptors (Lipinski definition) is 4. The Hall–Kier alpha value is -0.663. The molecule has 0 aliphatic rings. The van der Waals surface area contributed by atoms with Crippen LogP contribution in [0.5, 0.6) is 0 Å². The predicted molar refractivity (Wildman–Crippen MR) is 75.4 cm³/mol. The molecule has 7 heteroatoms. The van der Waals surface area contributed by atoms with Crippen LogP contribution in [0.4, 0.5) is 0 Å². The Morgan fingerprint density at radius 3 is 2.67 bits per heavy atom. The van der Waals surface area contributed by atoms with Gasteiger partial charge >= 0.3 is 5.97 Å². The molecule has 0 atom stereocenters. The Morgan fingerprint density at radius 2 is 2.11 bits per heavy atom. The van der Waals surface area contributed by atoms with Crippen LogP contribution in [0.2, 0.25) is 25.7 Å². The van der Waals surface area contributed by atoms with Crippen LogP contribution in [0.3, 0.4) is 0 Å². The summed E-state index contributed by atoms with van der Waals surface area (Å²) >= 11 is 3.20. The van der Waals surface area contributed by atoms with E-state index in [2.05, 4.69) is 50.3 Å². The van der Waals surface area contributed by atoms with Gasteiger partial charge in [-0.15, -0.1) is 0 Å². The number of methoxy groups -OCH3 is 1. The van der Waals surface area contributed by atoms with Crippen molar-refractivity contribution in [1.29, 1.82) is 0 Å². The molecule has 1 aromatic rings. The maximum Gasteiger partial charge on any atom is 0.358 e. The second kappa shape index (κ2) is 6.49. The number of ether oxygens (including phenoxy) is 2. The van der Waals surface area contributed by atoms with Crippen LogP contribution < -0.4 is 0 Å². The summed E-state index contributed by atoms with van der Waals surface area (Å²) in [5.41, 5.74) is 0.918. The third-order valence-corrected chi connectivity index (χ3v) is 4.45. The van der Waals surface area contributed by atoms with Gasteiger partial charge in [-0.1, -0.05) is 19.6 Å². The number of hydrogen-bond donors (Lipinski definition) is 1. The molecule has 0 spiro atoms. The average molecular weight is 335 g/mol. The standard InChI is InChI=1S/C11H19BrN2O3Si/c1-16-10(15)9-8(13-11(12)14-9)7-17-5-6-18(2,3)4/h5-7H2,1-4H3,(H,13,14). The number of carbonyl (C=O) groups excluding carboxylic acids is 1. The normalized spacial score (nSPS) is 11.6. The molecule has 0 radical (unpaired) electrons. The SMILES string of the molecule is COC(=O)c1nc(Br)[nH]c1COCC[Si](C)(C)C. The summed E-state index contributed by atoms with van der Waals surface area (Å²) in [6.07, 6.45) is 0. The highest BCUT2D eigenvalue weighted by molar-refractivity contribution is 9.10. The topological polar surface area (TPSA) is 64.2 Å². The lowest BCUT2D eigenvalue weighted by Crippen LogP contribution is -2.21. The van der Waals surface area contributed by atoms with Crippen LogP contribution in [0.1, 0.15) is 16.2 Å². The molecule has 1 heterocycles.